The van der Waals surface area contributed by atoms with Crippen LogP contribution in [0.1, 0.15) is 12.8 Å². The van der Waals surface area contributed by atoms with Crippen molar-refractivity contribution in [3.63, 3.8) is 0 Å². The van der Waals surface area contributed by atoms with Crippen molar-refractivity contribution in [2.75, 3.05) is 19.7 Å². The zero-order valence-corrected chi connectivity index (χ0v) is 8.51. The molecule has 2 aliphatic heterocycles. The summed E-state index contributed by atoms with van der Waals surface area (Å²) in [6.45, 7) is 1.65. The molecule has 0 unspecified atom stereocenters. The van der Waals surface area contributed by atoms with E-state index in [1.165, 1.54) is 4.90 Å². The third-order valence-electron chi connectivity index (χ3n) is 2.46. The Hall–Kier alpha value is -0.810. The zero-order valence-electron chi connectivity index (χ0n) is 7.69. The van der Waals surface area contributed by atoms with E-state index in [0.717, 1.165) is 25.9 Å². The fourth-order valence-corrected chi connectivity index (χ4v) is 1.78. The second-order valence-corrected chi connectivity index (χ2v) is 3.30. The van der Waals surface area contributed by atoms with Gasteiger partial charge in [-0.2, -0.15) is 0 Å². The van der Waals surface area contributed by atoms with E-state index in [1.54, 1.807) is 0 Å². The summed E-state index contributed by atoms with van der Waals surface area (Å²) in [7, 11) is 0. The van der Waals surface area contributed by atoms with Crippen LogP contribution in [0.5, 0.6) is 0 Å². The smallest absolute Gasteiger partial charge is 0.417 e. The molecule has 2 rings (SSSR count). The molecule has 0 radical (unpaired) electrons. The van der Waals surface area contributed by atoms with Gasteiger partial charge in [0.05, 0.1) is 0 Å². The number of carbonyl (C=O) groups is 2. The van der Waals surface area contributed by atoms with E-state index in [2.05, 4.69) is 10.1 Å². The van der Waals surface area contributed by atoms with Crippen molar-refractivity contribution >= 4 is 24.4 Å². The minimum Gasteiger partial charge on any atom is -0.439 e. The first-order chi connectivity index (χ1) is 6.29. The highest BCUT2D eigenvalue weighted by atomic mass is 35.5. The summed E-state index contributed by atoms with van der Waals surface area (Å²) in [4.78, 5) is 23.7. The van der Waals surface area contributed by atoms with Crippen LogP contribution in [0.15, 0.2) is 0 Å². The lowest BCUT2D eigenvalue weighted by Crippen LogP contribution is -2.45. The Bertz CT molecular complexity index is 225. The highest BCUT2D eigenvalue weighted by molar-refractivity contribution is 5.98. The molecule has 14 heavy (non-hydrogen) atoms. The van der Waals surface area contributed by atoms with E-state index in [9.17, 15) is 9.59 Å². The fraction of sp³-hybridized carbons (Fsp3) is 0.750. The Kier molecular flexibility index (Phi) is 3.71. The molecule has 0 aromatic carbocycles. The summed E-state index contributed by atoms with van der Waals surface area (Å²) in [6, 6.07) is 0.0451. The topological polar surface area (TPSA) is 58.6 Å². The number of rotatable bonds is 1. The molecule has 2 fully saturated rings. The number of amides is 2. The molecule has 0 aromatic heterocycles. The minimum absolute atomic E-state index is 0. The lowest BCUT2D eigenvalue weighted by molar-refractivity contribution is -0.127. The van der Waals surface area contributed by atoms with Gasteiger partial charge in [-0.1, -0.05) is 0 Å². The van der Waals surface area contributed by atoms with E-state index < -0.39 is 6.09 Å². The van der Waals surface area contributed by atoms with Crippen molar-refractivity contribution in [3.05, 3.63) is 0 Å². The van der Waals surface area contributed by atoms with Crippen molar-refractivity contribution in [2.24, 2.45) is 0 Å². The normalized spacial score (nSPS) is 23.3. The molecular weight excluding hydrogens is 208 g/mol. The number of piperidine rings is 1. The molecule has 1 N–H and O–H groups in total. The Labute approximate surface area is 88.2 Å². The molecule has 0 spiro atoms. The standard InChI is InChI=1S/C8H12N2O3.ClH/c11-7-5-13-8(12)10(7)6-1-3-9-4-2-6;/h6,9H,1-5H2;1H. The number of imide groups is 1. The fourth-order valence-electron chi connectivity index (χ4n) is 1.78. The summed E-state index contributed by atoms with van der Waals surface area (Å²) in [5.41, 5.74) is 0. The van der Waals surface area contributed by atoms with Crippen LogP contribution < -0.4 is 5.32 Å². The van der Waals surface area contributed by atoms with E-state index in [0.29, 0.717) is 0 Å². The Balaban J connectivity index is 0.000000980. The average Bonchev–Trinajstić information content (AvgIpc) is 2.48. The predicted molar refractivity (Wildman–Crippen MR) is 51.3 cm³/mol. The number of halogens is 1. The number of carbonyl (C=O) groups excluding carboxylic acids is 2. The first-order valence-corrected chi connectivity index (χ1v) is 4.48. The van der Waals surface area contributed by atoms with Gasteiger partial charge in [-0.05, 0) is 25.9 Å². The number of hydrogen-bond donors (Lipinski definition) is 1. The monoisotopic (exact) mass is 220 g/mol. The average molecular weight is 221 g/mol. The summed E-state index contributed by atoms with van der Waals surface area (Å²) in [5, 5.41) is 3.18. The molecule has 0 bridgehead atoms. The maximum absolute atomic E-state index is 11.2. The van der Waals surface area contributed by atoms with Crippen LogP contribution in [-0.2, 0) is 9.53 Å². The van der Waals surface area contributed by atoms with Crippen LogP contribution in [0.3, 0.4) is 0 Å². The van der Waals surface area contributed by atoms with Gasteiger partial charge in [-0.25, -0.2) is 9.69 Å². The highest BCUT2D eigenvalue weighted by Gasteiger charge is 2.37. The van der Waals surface area contributed by atoms with Crippen molar-refractivity contribution in [1.82, 2.24) is 10.2 Å². The van der Waals surface area contributed by atoms with Crippen molar-refractivity contribution < 1.29 is 14.3 Å². The van der Waals surface area contributed by atoms with Gasteiger partial charge in [-0.15, -0.1) is 12.4 Å². The third kappa shape index (κ3) is 1.99. The molecule has 2 heterocycles. The van der Waals surface area contributed by atoms with E-state index in [4.69, 9.17) is 0 Å². The summed E-state index contributed by atoms with van der Waals surface area (Å²) in [5.74, 6) is -0.197. The molecule has 0 aliphatic carbocycles. The molecule has 2 saturated heterocycles. The SMILES string of the molecule is Cl.O=C1COC(=O)N1C1CCNCC1. The van der Waals surface area contributed by atoms with Gasteiger partial charge in [0.15, 0.2) is 6.61 Å². The lowest BCUT2D eigenvalue weighted by atomic mass is 10.1. The van der Waals surface area contributed by atoms with Crippen LogP contribution in [0.2, 0.25) is 0 Å². The number of cyclic esters (lactones) is 1. The van der Waals surface area contributed by atoms with Crippen molar-refractivity contribution in [3.8, 4) is 0 Å². The van der Waals surface area contributed by atoms with Crippen LogP contribution in [0, 0.1) is 0 Å². The van der Waals surface area contributed by atoms with Crippen molar-refractivity contribution in [2.45, 2.75) is 18.9 Å². The maximum atomic E-state index is 11.2. The molecule has 0 saturated carbocycles. The van der Waals surface area contributed by atoms with E-state index >= 15 is 0 Å². The Morgan fingerprint density at radius 1 is 1.29 bits per heavy atom. The van der Waals surface area contributed by atoms with Crippen LogP contribution >= 0.6 is 12.4 Å². The van der Waals surface area contributed by atoms with Crippen LogP contribution in [0.25, 0.3) is 0 Å². The van der Waals surface area contributed by atoms with Crippen molar-refractivity contribution in [1.29, 1.82) is 0 Å². The van der Waals surface area contributed by atoms with Crippen LogP contribution in [0.4, 0.5) is 4.79 Å². The second-order valence-electron chi connectivity index (χ2n) is 3.30. The molecule has 80 valence electrons. The first-order valence-electron chi connectivity index (χ1n) is 4.48. The number of nitrogens with zero attached hydrogens (tertiary/aromatic N) is 1. The number of hydrogen-bond acceptors (Lipinski definition) is 4. The van der Waals surface area contributed by atoms with Gasteiger partial charge in [0.1, 0.15) is 0 Å². The predicted octanol–water partition coefficient (Wildman–Crippen LogP) is 0.139. The molecule has 0 atom stereocenters. The third-order valence-corrected chi connectivity index (χ3v) is 2.46. The molecule has 5 nitrogen and oxygen atoms in total. The quantitative estimate of drug-likeness (QED) is 0.683. The summed E-state index contributed by atoms with van der Waals surface area (Å²) < 4.78 is 4.65. The lowest BCUT2D eigenvalue weighted by Gasteiger charge is -2.27. The molecular formula is C8H13ClN2O3. The van der Waals surface area contributed by atoms with Crippen LogP contribution in [-0.4, -0.2) is 42.6 Å². The molecule has 2 amide bonds. The maximum Gasteiger partial charge on any atom is 0.417 e. The Morgan fingerprint density at radius 2 is 1.93 bits per heavy atom. The van der Waals surface area contributed by atoms with Gasteiger partial charge in [-0.3, -0.25) is 4.79 Å². The second kappa shape index (κ2) is 4.61. The van der Waals surface area contributed by atoms with Gasteiger partial charge in [0.25, 0.3) is 5.91 Å². The summed E-state index contributed by atoms with van der Waals surface area (Å²) in [6.07, 6.45) is 1.19. The highest BCUT2D eigenvalue weighted by Crippen LogP contribution is 2.17. The molecule has 2 aliphatic rings. The zero-order chi connectivity index (χ0) is 9.26. The molecule has 6 heteroatoms. The first kappa shape index (κ1) is 11.3. The van der Waals surface area contributed by atoms with E-state index in [-0.39, 0.29) is 31.0 Å². The van der Waals surface area contributed by atoms with Gasteiger partial charge < -0.3 is 10.1 Å². The largest absolute Gasteiger partial charge is 0.439 e. The summed E-state index contributed by atoms with van der Waals surface area (Å²) >= 11 is 0. The van der Waals surface area contributed by atoms with Gasteiger partial charge >= 0.3 is 6.09 Å². The van der Waals surface area contributed by atoms with E-state index in [1.807, 2.05) is 0 Å². The molecule has 0 aromatic rings. The van der Waals surface area contributed by atoms with Gasteiger partial charge in [0.2, 0.25) is 0 Å². The number of nitrogens with one attached hydrogen (secondary N) is 1. The number of ether oxygens (including phenoxy) is 1. The minimum atomic E-state index is -0.475. The van der Waals surface area contributed by atoms with Gasteiger partial charge in [0, 0.05) is 6.04 Å². The Morgan fingerprint density at radius 3 is 2.43 bits per heavy atom.